The molecule has 1 N–H and O–H groups in total. The molecule has 2 aliphatic heterocycles. The van der Waals surface area contributed by atoms with Gasteiger partial charge in [0.2, 0.25) is 0 Å². The lowest BCUT2D eigenvalue weighted by molar-refractivity contribution is -0.127. The van der Waals surface area contributed by atoms with Crippen molar-refractivity contribution in [3.63, 3.8) is 0 Å². The van der Waals surface area contributed by atoms with Crippen LogP contribution in [-0.2, 0) is 30.6 Å². The molecule has 0 radical (unpaired) electrons. The molecule has 0 unspecified atom stereocenters. The van der Waals surface area contributed by atoms with E-state index in [4.69, 9.17) is 4.74 Å². The van der Waals surface area contributed by atoms with Gasteiger partial charge in [0.05, 0.1) is 0 Å². The van der Waals surface area contributed by atoms with Gasteiger partial charge < -0.3 is 14.6 Å². The molecule has 0 saturated carbocycles. The van der Waals surface area contributed by atoms with Crippen LogP contribution in [0.25, 0.3) is 0 Å². The number of nitrogens with one attached hydrogen (secondary N) is 1. The fourth-order valence-corrected chi connectivity index (χ4v) is 3.78. The van der Waals surface area contributed by atoms with Crippen molar-refractivity contribution in [3.8, 4) is 5.75 Å². The average molecular weight is 354 g/mol. The zero-order valence-electron chi connectivity index (χ0n) is 15.5. The highest BCUT2D eigenvalue weighted by Gasteiger charge is 2.29. The van der Waals surface area contributed by atoms with Crippen LogP contribution in [0.2, 0.25) is 0 Å². The van der Waals surface area contributed by atoms with Crippen molar-refractivity contribution in [3.05, 3.63) is 40.5 Å². The number of aryl methyl sites for hydroxylation is 4. The molecule has 2 aliphatic rings. The van der Waals surface area contributed by atoms with E-state index in [0.29, 0.717) is 13.0 Å². The first-order chi connectivity index (χ1) is 12.6. The van der Waals surface area contributed by atoms with Gasteiger partial charge >= 0.3 is 0 Å². The van der Waals surface area contributed by atoms with Gasteiger partial charge in [-0.25, -0.2) is 0 Å². The molecule has 0 spiro atoms. The number of rotatable bonds is 5. The highest BCUT2D eigenvalue weighted by Crippen LogP contribution is 2.31. The topological polar surface area (TPSA) is 69.0 Å². The van der Waals surface area contributed by atoms with Gasteiger partial charge in [-0.2, -0.15) is 0 Å². The summed E-state index contributed by atoms with van der Waals surface area (Å²) in [5, 5.41) is 11.6. The molecule has 0 saturated heterocycles. The van der Waals surface area contributed by atoms with Crippen molar-refractivity contribution in [1.82, 2.24) is 20.1 Å². The fourth-order valence-electron chi connectivity index (χ4n) is 3.78. The second-order valence-electron chi connectivity index (χ2n) is 7.39. The first kappa shape index (κ1) is 17.1. The lowest BCUT2D eigenvalue weighted by Gasteiger charge is -2.15. The quantitative estimate of drug-likeness (QED) is 0.837. The van der Waals surface area contributed by atoms with Crippen molar-refractivity contribution in [2.75, 3.05) is 6.54 Å². The molecule has 1 aromatic heterocycles. The van der Waals surface area contributed by atoms with Crippen LogP contribution in [0.15, 0.2) is 12.1 Å². The Bertz CT molecular complexity index is 796. The predicted molar refractivity (Wildman–Crippen MR) is 98.3 cm³/mol. The number of hydrogen-bond donors (Lipinski definition) is 1. The van der Waals surface area contributed by atoms with Crippen molar-refractivity contribution in [2.24, 2.45) is 0 Å². The Hall–Kier alpha value is -2.37. The molecule has 1 amide bonds. The van der Waals surface area contributed by atoms with E-state index in [1.54, 1.807) is 0 Å². The Labute approximate surface area is 154 Å². The van der Waals surface area contributed by atoms with E-state index in [1.807, 2.05) is 6.07 Å². The summed E-state index contributed by atoms with van der Waals surface area (Å²) >= 11 is 0. The van der Waals surface area contributed by atoms with Crippen LogP contribution >= 0.6 is 0 Å². The zero-order chi connectivity index (χ0) is 18.1. The number of nitrogens with zero attached hydrogens (tertiary/aromatic N) is 3. The molecule has 26 heavy (non-hydrogen) atoms. The van der Waals surface area contributed by atoms with Gasteiger partial charge in [-0.1, -0.05) is 6.07 Å². The fraction of sp³-hybridized carbons (Fsp3) is 0.550. The van der Waals surface area contributed by atoms with E-state index in [0.717, 1.165) is 48.8 Å². The maximum atomic E-state index is 12.4. The number of aromatic nitrogens is 3. The molecule has 1 aromatic carbocycles. The number of hydrogen-bond acceptors (Lipinski definition) is 4. The number of amides is 1. The van der Waals surface area contributed by atoms with Crippen LogP contribution in [0.1, 0.15) is 47.6 Å². The minimum absolute atomic E-state index is 0.0280. The van der Waals surface area contributed by atoms with Gasteiger partial charge in [0.15, 0.2) is 6.10 Å². The molecular formula is C20H26N4O2. The van der Waals surface area contributed by atoms with Gasteiger partial charge in [-0.15, -0.1) is 10.2 Å². The smallest absolute Gasteiger partial charge is 0.261 e. The van der Waals surface area contributed by atoms with E-state index in [2.05, 4.69) is 40.0 Å². The van der Waals surface area contributed by atoms with Gasteiger partial charge in [0.25, 0.3) is 5.91 Å². The van der Waals surface area contributed by atoms with Gasteiger partial charge in [-0.3, -0.25) is 4.79 Å². The zero-order valence-corrected chi connectivity index (χ0v) is 15.5. The van der Waals surface area contributed by atoms with E-state index in [1.165, 1.54) is 24.0 Å². The summed E-state index contributed by atoms with van der Waals surface area (Å²) in [4.78, 5) is 12.4. The second kappa shape index (κ2) is 7.09. The molecule has 138 valence electrons. The number of fused-ring (bicyclic) bond motifs is 2. The summed E-state index contributed by atoms with van der Waals surface area (Å²) in [6, 6.07) is 4.17. The van der Waals surface area contributed by atoms with Crippen molar-refractivity contribution < 1.29 is 9.53 Å². The molecule has 0 bridgehead atoms. The molecule has 0 aliphatic carbocycles. The lowest BCUT2D eigenvalue weighted by Crippen LogP contribution is -2.38. The Morgan fingerprint density at radius 3 is 3.00 bits per heavy atom. The number of ether oxygens (including phenoxy) is 1. The second-order valence-corrected chi connectivity index (χ2v) is 7.39. The first-order valence-electron chi connectivity index (χ1n) is 9.57. The maximum absolute atomic E-state index is 12.4. The molecule has 2 aromatic rings. The molecule has 1 atom stereocenters. The Morgan fingerprint density at radius 1 is 1.27 bits per heavy atom. The first-order valence-corrected chi connectivity index (χ1v) is 9.57. The van der Waals surface area contributed by atoms with Gasteiger partial charge in [-0.05, 0) is 55.9 Å². The third-order valence-corrected chi connectivity index (χ3v) is 5.46. The highest BCUT2D eigenvalue weighted by molar-refractivity contribution is 5.82. The molecular weight excluding hydrogens is 328 g/mol. The predicted octanol–water partition coefficient (Wildman–Crippen LogP) is 2.28. The van der Waals surface area contributed by atoms with Crippen LogP contribution in [0.4, 0.5) is 0 Å². The molecule has 6 nitrogen and oxygen atoms in total. The van der Waals surface area contributed by atoms with E-state index in [-0.39, 0.29) is 5.91 Å². The minimum Gasteiger partial charge on any atom is -0.480 e. The van der Waals surface area contributed by atoms with E-state index >= 15 is 0 Å². The highest BCUT2D eigenvalue weighted by atomic mass is 16.5. The van der Waals surface area contributed by atoms with Crippen LogP contribution in [0, 0.1) is 13.8 Å². The molecule has 4 rings (SSSR count). The summed E-state index contributed by atoms with van der Waals surface area (Å²) in [7, 11) is 0. The average Bonchev–Trinajstić information content (AvgIpc) is 3.23. The van der Waals surface area contributed by atoms with Crippen LogP contribution < -0.4 is 10.1 Å². The Morgan fingerprint density at radius 2 is 2.12 bits per heavy atom. The van der Waals surface area contributed by atoms with Crippen LogP contribution in [0.5, 0.6) is 5.75 Å². The van der Waals surface area contributed by atoms with Gasteiger partial charge in [0.1, 0.15) is 17.4 Å². The Kier molecular flexibility index (Phi) is 4.66. The SMILES string of the molecule is Cc1cc2c(cc1C)O[C@@H](C(=O)NCCCc1nnc3n1CCCC3)C2. The van der Waals surface area contributed by atoms with Gasteiger partial charge in [0, 0.05) is 32.4 Å². The molecule has 0 fully saturated rings. The Balaban J connectivity index is 1.26. The normalized spacial score (nSPS) is 18.2. The number of benzene rings is 1. The lowest BCUT2D eigenvalue weighted by atomic mass is 10.0. The van der Waals surface area contributed by atoms with E-state index in [9.17, 15) is 4.79 Å². The van der Waals surface area contributed by atoms with Crippen molar-refractivity contribution in [2.45, 2.75) is 65.0 Å². The molecule has 3 heterocycles. The van der Waals surface area contributed by atoms with Crippen LogP contribution in [-0.4, -0.2) is 33.3 Å². The van der Waals surface area contributed by atoms with Crippen molar-refractivity contribution in [1.29, 1.82) is 0 Å². The minimum atomic E-state index is -0.410. The third kappa shape index (κ3) is 3.32. The maximum Gasteiger partial charge on any atom is 0.261 e. The third-order valence-electron chi connectivity index (χ3n) is 5.46. The molecule has 6 heteroatoms. The summed E-state index contributed by atoms with van der Waals surface area (Å²) in [6.45, 7) is 5.81. The van der Waals surface area contributed by atoms with Crippen LogP contribution in [0.3, 0.4) is 0 Å². The summed E-state index contributed by atoms with van der Waals surface area (Å²) in [5.74, 6) is 2.98. The standard InChI is InChI=1S/C20H26N4O2/c1-13-10-15-12-17(26-16(15)11-14(13)2)20(25)21-8-5-7-19-23-22-18-6-3-4-9-24(18)19/h10-11,17H,3-9,12H2,1-2H3,(H,21,25)/t17-/m1/s1. The largest absolute Gasteiger partial charge is 0.480 e. The summed E-state index contributed by atoms with van der Waals surface area (Å²) in [6.07, 6.45) is 5.39. The monoisotopic (exact) mass is 354 g/mol. The summed E-state index contributed by atoms with van der Waals surface area (Å²) in [5.41, 5.74) is 3.56. The van der Waals surface area contributed by atoms with Crippen molar-refractivity contribution >= 4 is 5.91 Å². The number of carbonyl (C=O) groups is 1. The number of carbonyl (C=O) groups excluding carboxylic acids is 1. The van der Waals surface area contributed by atoms with E-state index < -0.39 is 6.10 Å². The summed E-state index contributed by atoms with van der Waals surface area (Å²) < 4.78 is 8.09.